The number of hydrogen-bond donors (Lipinski definition) is 2. The van der Waals surface area contributed by atoms with Crippen molar-refractivity contribution in [3.8, 4) is 17.2 Å². The maximum Gasteiger partial charge on any atom is 0.322 e. The number of urea groups is 1. The van der Waals surface area contributed by atoms with Crippen LogP contribution >= 0.6 is 0 Å². The Morgan fingerprint density at radius 3 is 2.10 bits per heavy atom. The molecule has 29 heavy (non-hydrogen) atoms. The largest absolute Gasteiger partial charge is 0.497 e. The van der Waals surface area contributed by atoms with Gasteiger partial charge in [-0.05, 0) is 67.9 Å². The monoisotopic (exact) mass is 399 g/mol. The molecule has 156 valence electrons. The van der Waals surface area contributed by atoms with Crippen molar-refractivity contribution >= 4 is 11.7 Å². The Kier molecular flexibility index (Phi) is 7.19. The van der Waals surface area contributed by atoms with Crippen molar-refractivity contribution in [2.24, 2.45) is 0 Å². The van der Waals surface area contributed by atoms with Crippen LogP contribution in [0.2, 0.25) is 0 Å². The third kappa shape index (κ3) is 5.32. The van der Waals surface area contributed by atoms with Gasteiger partial charge in [-0.3, -0.25) is 4.90 Å². The summed E-state index contributed by atoms with van der Waals surface area (Å²) in [6, 6.07) is 13.2. The van der Waals surface area contributed by atoms with Crippen LogP contribution in [-0.2, 0) is 6.54 Å². The number of carbonyl (C=O) groups excluding carboxylic acids is 1. The van der Waals surface area contributed by atoms with Crippen molar-refractivity contribution in [2.75, 3.05) is 39.3 Å². The van der Waals surface area contributed by atoms with Gasteiger partial charge in [-0.15, -0.1) is 0 Å². The molecule has 0 unspecified atom stereocenters. The first-order valence-electron chi connectivity index (χ1n) is 9.78. The molecule has 0 saturated carbocycles. The number of nitrogens with one attached hydrogen (secondary N) is 2. The van der Waals surface area contributed by atoms with E-state index in [0.29, 0.717) is 18.0 Å². The molecule has 0 spiro atoms. The van der Waals surface area contributed by atoms with Gasteiger partial charge in [-0.1, -0.05) is 0 Å². The summed E-state index contributed by atoms with van der Waals surface area (Å²) in [5, 5.41) is 6.41. The Balaban J connectivity index is 1.77. The van der Waals surface area contributed by atoms with Gasteiger partial charge < -0.3 is 24.8 Å². The molecule has 2 aromatic carbocycles. The molecule has 1 aliphatic rings. The zero-order chi connectivity index (χ0) is 20.6. The SMILES string of the molecule is COc1ccc(N(C(=O)NCc2cc(OC)cc(OC)c2)C2CCNCC2)cc1. The number of ether oxygens (including phenoxy) is 3. The predicted octanol–water partition coefficient (Wildman–Crippen LogP) is 3.18. The number of anilines is 1. The third-order valence-corrected chi connectivity index (χ3v) is 5.10. The number of nitrogens with zero attached hydrogens (tertiary/aromatic N) is 1. The summed E-state index contributed by atoms with van der Waals surface area (Å²) in [5.74, 6) is 2.15. The zero-order valence-corrected chi connectivity index (χ0v) is 17.2. The van der Waals surface area contributed by atoms with Crippen molar-refractivity contribution in [2.45, 2.75) is 25.4 Å². The Bertz CT molecular complexity index is 782. The predicted molar refractivity (Wildman–Crippen MR) is 113 cm³/mol. The van der Waals surface area contributed by atoms with Gasteiger partial charge in [0.05, 0.1) is 21.3 Å². The summed E-state index contributed by atoms with van der Waals surface area (Å²) in [6.45, 7) is 2.18. The molecule has 2 aromatic rings. The van der Waals surface area contributed by atoms with Crippen molar-refractivity contribution < 1.29 is 19.0 Å². The molecule has 0 bridgehead atoms. The summed E-state index contributed by atoms with van der Waals surface area (Å²) in [7, 11) is 4.86. The van der Waals surface area contributed by atoms with Gasteiger partial charge in [0.15, 0.2) is 0 Å². The first-order valence-corrected chi connectivity index (χ1v) is 9.78. The van der Waals surface area contributed by atoms with Gasteiger partial charge in [-0.25, -0.2) is 4.79 Å². The van der Waals surface area contributed by atoms with Gasteiger partial charge in [-0.2, -0.15) is 0 Å². The van der Waals surface area contributed by atoms with Gasteiger partial charge >= 0.3 is 6.03 Å². The first-order chi connectivity index (χ1) is 14.1. The van der Waals surface area contributed by atoms with Crippen LogP contribution < -0.4 is 29.7 Å². The highest BCUT2D eigenvalue weighted by Gasteiger charge is 2.26. The molecular weight excluding hydrogens is 370 g/mol. The van der Waals surface area contributed by atoms with E-state index in [4.69, 9.17) is 14.2 Å². The summed E-state index contributed by atoms with van der Waals surface area (Å²) in [5.41, 5.74) is 1.77. The lowest BCUT2D eigenvalue weighted by Crippen LogP contribution is -2.50. The van der Waals surface area contributed by atoms with Crippen LogP contribution in [0, 0.1) is 0 Å². The van der Waals surface area contributed by atoms with E-state index in [9.17, 15) is 4.79 Å². The van der Waals surface area contributed by atoms with Crippen molar-refractivity contribution in [1.82, 2.24) is 10.6 Å². The van der Waals surface area contributed by atoms with E-state index in [1.807, 2.05) is 47.4 Å². The lowest BCUT2D eigenvalue weighted by atomic mass is 10.0. The van der Waals surface area contributed by atoms with Gasteiger partial charge in [0.2, 0.25) is 0 Å². The normalized spacial score (nSPS) is 14.2. The fourth-order valence-corrected chi connectivity index (χ4v) is 3.53. The minimum absolute atomic E-state index is 0.121. The fourth-order valence-electron chi connectivity index (χ4n) is 3.53. The Morgan fingerprint density at radius 1 is 0.966 bits per heavy atom. The molecule has 0 radical (unpaired) electrons. The Morgan fingerprint density at radius 2 is 1.55 bits per heavy atom. The molecule has 0 atom stereocenters. The number of rotatable bonds is 7. The molecule has 1 fully saturated rings. The molecule has 2 amide bonds. The second kappa shape index (κ2) is 10.0. The molecule has 0 aliphatic carbocycles. The van der Waals surface area contributed by atoms with E-state index in [-0.39, 0.29) is 12.1 Å². The molecule has 0 aromatic heterocycles. The van der Waals surface area contributed by atoms with E-state index in [1.165, 1.54) is 0 Å². The topological polar surface area (TPSA) is 72.1 Å². The highest BCUT2D eigenvalue weighted by atomic mass is 16.5. The van der Waals surface area contributed by atoms with Crippen molar-refractivity contribution in [3.05, 3.63) is 48.0 Å². The lowest BCUT2D eigenvalue weighted by molar-refractivity contribution is 0.241. The van der Waals surface area contributed by atoms with Gasteiger partial charge in [0.1, 0.15) is 17.2 Å². The molecule has 1 heterocycles. The third-order valence-electron chi connectivity index (χ3n) is 5.10. The summed E-state index contributed by atoms with van der Waals surface area (Å²) < 4.78 is 15.9. The molecule has 7 nitrogen and oxygen atoms in total. The van der Waals surface area contributed by atoms with Gasteiger partial charge in [0, 0.05) is 24.3 Å². The maximum absolute atomic E-state index is 13.2. The summed E-state index contributed by atoms with van der Waals surface area (Å²) >= 11 is 0. The number of carbonyl (C=O) groups is 1. The number of piperidine rings is 1. The van der Waals surface area contributed by atoms with E-state index >= 15 is 0 Å². The van der Waals surface area contributed by atoms with Crippen LogP contribution in [-0.4, -0.2) is 46.5 Å². The molecule has 1 saturated heterocycles. The van der Waals surface area contributed by atoms with Crippen LogP contribution in [0.5, 0.6) is 17.2 Å². The minimum Gasteiger partial charge on any atom is -0.497 e. The van der Waals surface area contributed by atoms with Crippen LogP contribution in [0.15, 0.2) is 42.5 Å². The van der Waals surface area contributed by atoms with E-state index in [0.717, 1.165) is 42.9 Å². The summed E-state index contributed by atoms with van der Waals surface area (Å²) in [4.78, 5) is 15.0. The quantitative estimate of drug-likeness (QED) is 0.748. The van der Waals surface area contributed by atoms with Crippen molar-refractivity contribution in [1.29, 1.82) is 0 Å². The van der Waals surface area contributed by atoms with Crippen LogP contribution in [0.25, 0.3) is 0 Å². The Labute approximate surface area is 171 Å². The molecule has 1 aliphatic heterocycles. The maximum atomic E-state index is 13.2. The minimum atomic E-state index is -0.121. The summed E-state index contributed by atoms with van der Waals surface area (Å²) in [6.07, 6.45) is 1.82. The zero-order valence-electron chi connectivity index (χ0n) is 17.2. The van der Waals surface area contributed by atoms with Crippen LogP contribution in [0.4, 0.5) is 10.5 Å². The standard InChI is InChI=1S/C22H29N3O4/c1-27-19-6-4-17(5-7-19)25(18-8-10-23-11-9-18)22(26)24-15-16-12-20(28-2)14-21(13-16)29-3/h4-7,12-14,18,23H,8-11,15H2,1-3H3,(H,24,26). The van der Waals surface area contributed by atoms with E-state index in [1.54, 1.807) is 21.3 Å². The van der Waals surface area contributed by atoms with Gasteiger partial charge in [0.25, 0.3) is 0 Å². The Hall–Kier alpha value is -2.93. The number of benzene rings is 2. The number of amides is 2. The number of methoxy groups -OCH3 is 3. The fraction of sp³-hybridized carbons (Fsp3) is 0.409. The number of hydrogen-bond acceptors (Lipinski definition) is 5. The first kappa shape index (κ1) is 20.8. The van der Waals surface area contributed by atoms with Crippen LogP contribution in [0.3, 0.4) is 0 Å². The molecular formula is C22H29N3O4. The van der Waals surface area contributed by atoms with Crippen molar-refractivity contribution in [3.63, 3.8) is 0 Å². The smallest absolute Gasteiger partial charge is 0.322 e. The molecule has 7 heteroatoms. The van der Waals surface area contributed by atoms with Crippen LogP contribution in [0.1, 0.15) is 18.4 Å². The average Bonchev–Trinajstić information content (AvgIpc) is 2.78. The highest BCUT2D eigenvalue weighted by Crippen LogP contribution is 2.26. The second-order valence-electron chi connectivity index (χ2n) is 6.93. The molecule has 2 N–H and O–H groups in total. The van der Waals surface area contributed by atoms with E-state index < -0.39 is 0 Å². The lowest BCUT2D eigenvalue weighted by Gasteiger charge is -2.34. The highest BCUT2D eigenvalue weighted by molar-refractivity contribution is 5.92. The molecule has 3 rings (SSSR count). The van der Waals surface area contributed by atoms with E-state index in [2.05, 4.69) is 10.6 Å². The average molecular weight is 399 g/mol. The second-order valence-corrected chi connectivity index (χ2v) is 6.93.